The van der Waals surface area contributed by atoms with Gasteiger partial charge < -0.3 is 15.0 Å². The highest BCUT2D eigenvalue weighted by atomic mass is 32.2. The van der Waals surface area contributed by atoms with E-state index in [1.807, 2.05) is 30.3 Å². The molecule has 8 nitrogen and oxygen atoms in total. The van der Waals surface area contributed by atoms with Gasteiger partial charge in [-0.15, -0.1) is 0 Å². The molecule has 9 heteroatoms. The number of anilines is 1. The van der Waals surface area contributed by atoms with Crippen LogP contribution in [0.1, 0.15) is 44.6 Å². The van der Waals surface area contributed by atoms with E-state index in [1.54, 1.807) is 49.4 Å². The van der Waals surface area contributed by atoms with Gasteiger partial charge in [-0.3, -0.25) is 13.9 Å². The normalized spacial score (nSPS) is 14.7. The largest absolute Gasteiger partial charge is 0.497 e. The number of rotatable bonds is 11. The van der Waals surface area contributed by atoms with Gasteiger partial charge in [0.15, 0.2) is 0 Å². The first-order valence-electron chi connectivity index (χ1n) is 13.6. The summed E-state index contributed by atoms with van der Waals surface area (Å²) in [6.07, 6.45) is 5.15. The predicted octanol–water partition coefficient (Wildman–Crippen LogP) is 4.76. The van der Waals surface area contributed by atoms with Gasteiger partial charge in [0, 0.05) is 12.6 Å². The standard InChI is InChI=1S/C31H37N3O5S/c1-24(31(36)32-26-14-8-4-9-15-26)33(22-25-12-6-3-7-13-25)30(35)23-34(27-16-10-5-11-17-27)40(37,38)29-20-18-28(39-2)19-21-29/h3,5-7,10-13,16-21,24,26H,4,8-9,14-15,22-23H2,1-2H3,(H,32,36)/t24-/m1/s1. The predicted molar refractivity (Wildman–Crippen MR) is 155 cm³/mol. The van der Waals surface area contributed by atoms with Crippen LogP contribution >= 0.6 is 0 Å². The van der Waals surface area contributed by atoms with Crippen LogP contribution in [0.5, 0.6) is 5.75 Å². The van der Waals surface area contributed by atoms with Crippen molar-refractivity contribution in [3.05, 3.63) is 90.5 Å². The second-order valence-corrected chi connectivity index (χ2v) is 11.9. The molecule has 0 radical (unpaired) electrons. The Morgan fingerprint density at radius 3 is 2.10 bits per heavy atom. The molecule has 2 amide bonds. The van der Waals surface area contributed by atoms with Crippen molar-refractivity contribution in [3.8, 4) is 5.75 Å². The lowest BCUT2D eigenvalue weighted by atomic mass is 9.95. The molecular formula is C31H37N3O5S. The summed E-state index contributed by atoms with van der Waals surface area (Å²) in [6.45, 7) is 1.40. The van der Waals surface area contributed by atoms with E-state index in [4.69, 9.17) is 4.74 Å². The molecule has 1 aliphatic rings. The number of amides is 2. The number of ether oxygens (including phenoxy) is 1. The van der Waals surface area contributed by atoms with E-state index < -0.39 is 28.5 Å². The van der Waals surface area contributed by atoms with Crippen LogP contribution in [0.2, 0.25) is 0 Å². The van der Waals surface area contributed by atoms with E-state index in [2.05, 4.69) is 5.32 Å². The molecule has 0 aromatic heterocycles. The molecule has 40 heavy (non-hydrogen) atoms. The third-order valence-corrected chi connectivity index (χ3v) is 9.07. The zero-order chi connectivity index (χ0) is 28.5. The summed E-state index contributed by atoms with van der Waals surface area (Å²) >= 11 is 0. The molecule has 0 heterocycles. The molecule has 1 fully saturated rings. The fourth-order valence-electron chi connectivity index (χ4n) is 4.93. The summed E-state index contributed by atoms with van der Waals surface area (Å²) in [7, 11) is -2.61. The van der Waals surface area contributed by atoms with Gasteiger partial charge in [-0.2, -0.15) is 0 Å². The molecule has 3 aromatic carbocycles. The maximum Gasteiger partial charge on any atom is 0.264 e. The van der Waals surface area contributed by atoms with Crippen LogP contribution in [0.4, 0.5) is 5.69 Å². The number of carbonyl (C=O) groups excluding carboxylic acids is 2. The van der Waals surface area contributed by atoms with Gasteiger partial charge in [0.05, 0.1) is 17.7 Å². The zero-order valence-electron chi connectivity index (χ0n) is 23.0. The number of sulfonamides is 1. The highest BCUT2D eigenvalue weighted by Gasteiger charge is 2.33. The van der Waals surface area contributed by atoms with Crippen molar-refractivity contribution in [1.82, 2.24) is 10.2 Å². The number of benzene rings is 3. The maximum absolute atomic E-state index is 14.0. The Balaban J connectivity index is 1.64. The molecule has 0 spiro atoms. The summed E-state index contributed by atoms with van der Waals surface area (Å²) < 4.78 is 34.0. The van der Waals surface area contributed by atoms with Gasteiger partial charge in [-0.05, 0) is 61.7 Å². The minimum atomic E-state index is -4.12. The number of nitrogens with one attached hydrogen (secondary N) is 1. The molecule has 212 valence electrons. The molecular weight excluding hydrogens is 526 g/mol. The van der Waals surface area contributed by atoms with Crippen LogP contribution < -0.4 is 14.4 Å². The van der Waals surface area contributed by atoms with E-state index in [-0.39, 0.29) is 23.4 Å². The van der Waals surface area contributed by atoms with Crippen LogP contribution in [0.25, 0.3) is 0 Å². The lowest BCUT2D eigenvalue weighted by Gasteiger charge is -2.33. The monoisotopic (exact) mass is 563 g/mol. The van der Waals surface area contributed by atoms with Crippen LogP contribution in [0, 0.1) is 0 Å². The SMILES string of the molecule is COc1ccc(S(=O)(=O)N(CC(=O)N(Cc2ccccc2)[C@H](C)C(=O)NC2CCCCC2)c2ccccc2)cc1. The third-order valence-electron chi connectivity index (χ3n) is 7.29. The van der Waals surface area contributed by atoms with Crippen molar-refractivity contribution < 1.29 is 22.7 Å². The van der Waals surface area contributed by atoms with E-state index >= 15 is 0 Å². The average molecular weight is 564 g/mol. The topological polar surface area (TPSA) is 96.0 Å². The second-order valence-electron chi connectivity index (χ2n) is 10.0. The van der Waals surface area contributed by atoms with Gasteiger partial charge in [0.1, 0.15) is 18.3 Å². The molecule has 0 saturated heterocycles. The van der Waals surface area contributed by atoms with Gasteiger partial charge in [-0.25, -0.2) is 8.42 Å². The zero-order valence-corrected chi connectivity index (χ0v) is 23.8. The molecule has 0 aliphatic heterocycles. The minimum Gasteiger partial charge on any atom is -0.497 e. The summed E-state index contributed by atoms with van der Waals surface area (Å²) in [5.74, 6) is -0.190. The summed E-state index contributed by atoms with van der Waals surface area (Å²) in [4.78, 5) is 28.8. The smallest absolute Gasteiger partial charge is 0.264 e. The van der Waals surface area contributed by atoms with Crippen LogP contribution in [0.15, 0.2) is 89.8 Å². The third kappa shape index (κ3) is 7.21. The van der Waals surface area contributed by atoms with Gasteiger partial charge in [0.25, 0.3) is 10.0 Å². The Labute approximate surface area is 237 Å². The van der Waals surface area contributed by atoms with Gasteiger partial charge >= 0.3 is 0 Å². The minimum absolute atomic E-state index is 0.0302. The quantitative estimate of drug-likeness (QED) is 0.363. The van der Waals surface area contributed by atoms with Crippen LogP contribution in [0.3, 0.4) is 0 Å². The van der Waals surface area contributed by atoms with E-state index in [0.29, 0.717) is 11.4 Å². The molecule has 3 aromatic rings. The Morgan fingerprint density at radius 2 is 1.50 bits per heavy atom. The van der Waals surface area contributed by atoms with E-state index in [9.17, 15) is 18.0 Å². The number of nitrogens with zero attached hydrogens (tertiary/aromatic N) is 2. The number of methoxy groups -OCH3 is 1. The fraction of sp³-hybridized carbons (Fsp3) is 0.355. The lowest BCUT2D eigenvalue weighted by Crippen LogP contribution is -2.53. The Kier molecular flexibility index (Phi) is 9.82. The number of para-hydroxylation sites is 1. The van der Waals surface area contributed by atoms with Crippen LogP contribution in [-0.2, 0) is 26.2 Å². The maximum atomic E-state index is 14.0. The number of hydrogen-bond donors (Lipinski definition) is 1. The second kappa shape index (κ2) is 13.5. The number of carbonyl (C=O) groups is 2. The van der Waals surface area contributed by atoms with E-state index in [0.717, 1.165) is 35.6 Å². The van der Waals surface area contributed by atoms with Crippen molar-refractivity contribution in [1.29, 1.82) is 0 Å². The number of hydrogen-bond acceptors (Lipinski definition) is 5. The molecule has 0 bridgehead atoms. The highest BCUT2D eigenvalue weighted by Crippen LogP contribution is 2.26. The van der Waals surface area contributed by atoms with Crippen LogP contribution in [-0.4, -0.2) is 50.9 Å². The van der Waals surface area contributed by atoms with Crippen molar-refractivity contribution in [2.24, 2.45) is 0 Å². The Morgan fingerprint density at radius 1 is 0.900 bits per heavy atom. The molecule has 0 unspecified atom stereocenters. The average Bonchev–Trinajstić information content (AvgIpc) is 2.99. The van der Waals surface area contributed by atoms with Crippen molar-refractivity contribution in [3.63, 3.8) is 0 Å². The molecule has 1 N–H and O–H groups in total. The molecule has 1 saturated carbocycles. The first kappa shape index (κ1) is 29.1. The Bertz CT molecular complexity index is 1360. The summed E-state index contributed by atoms with van der Waals surface area (Å²) in [5.41, 5.74) is 1.20. The molecule has 1 aliphatic carbocycles. The van der Waals surface area contributed by atoms with Crippen molar-refractivity contribution >= 4 is 27.5 Å². The first-order chi connectivity index (χ1) is 19.3. The lowest BCUT2D eigenvalue weighted by molar-refractivity contribution is -0.139. The highest BCUT2D eigenvalue weighted by molar-refractivity contribution is 7.92. The Hall–Kier alpha value is -3.85. The van der Waals surface area contributed by atoms with Gasteiger partial charge in [-0.1, -0.05) is 67.8 Å². The van der Waals surface area contributed by atoms with E-state index in [1.165, 1.54) is 30.6 Å². The molecule has 1 atom stereocenters. The van der Waals surface area contributed by atoms with Gasteiger partial charge in [0.2, 0.25) is 11.8 Å². The van der Waals surface area contributed by atoms with Crippen molar-refractivity contribution in [2.45, 2.75) is 62.6 Å². The first-order valence-corrected chi connectivity index (χ1v) is 15.1. The summed E-state index contributed by atoms with van der Waals surface area (Å²) in [6, 6.07) is 23.2. The van der Waals surface area contributed by atoms with Crippen molar-refractivity contribution in [2.75, 3.05) is 18.0 Å². The summed E-state index contributed by atoms with van der Waals surface area (Å²) in [5, 5.41) is 3.12. The molecule has 4 rings (SSSR count). The fourth-order valence-corrected chi connectivity index (χ4v) is 6.34.